The first-order valence-corrected chi connectivity index (χ1v) is 7.02. The number of carbonyl (C=O) groups is 1. The largest absolute Gasteiger partial charge is 0.478 e. The molecule has 0 atom stereocenters. The predicted octanol–water partition coefficient (Wildman–Crippen LogP) is 2.76. The zero-order chi connectivity index (χ0) is 17.9. The number of ether oxygens (including phenoxy) is 2. The number of aromatic carboxylic acids is 1. The highest BCUT2D eigenvalue weighted by atomic mass is 32.2. The van der Waals surface area contributed by atoms with Crippen LogP contribution >= 0.6 is 11.8 Å². The lowest BCUT2D eigenvalue weighted by Crippen LogP contribution is -2.12. The molecule has 0 saturated carbocycles. The van der Waals surface area contributed by atoms with Crippen molar-refractivity contribution in [1.29, 1.82) is 0 Å². The number of carboxylic acid groups (broad SMARTS) is 1. The van der Waals surface area contributed by atoms with Crippen molar-refractivity contribution in [3.63, 3.8) is 0 Å². The number of nitrogens with zero attached hydrogens (tertiary/aromatic N) is 3. The van der Waals surface area contributed by atoms with E-state index in [-0.39, 0.29) is 22.1 Å². The number of rotatable bonds is 5. The van der Waals surface area contributed by atoms with Gasteiger partial charge in [-0.1, -0.05) is 0 Å². The molecule has 0 fully saturated rings. The molecule has 0 aliphatic heterocycles. The quantitative estimate of drug-likeness (QED) is 0.869. The third kappa shape index (κ3) is 4.04. The Labute approximate surface area is 137 Å². The molecule has 1 N–H and O–H groups in total. The Kier molecular flexibility index (Phi) is 5.12. The molecule has 0 aliphatic rings. The SMILES string of the molecule is COc1nc(OC)nc(Sc2ccc(C(=O)O)c(C(F)(F)F)c2)n1. The Hall–Kier alpha value is -2.56. The van der Waals surface area contributed by atoms with Crippen LogP contribution in [0, 0.1) is 0 Å². The zero-order valence-corrected chi connectivity index (χ0v) is 13.1. The molecule has 2 rings (SSSR count). The van der Waals surface area contributed by atoms with Crippen LogP contribution in [-0.4, -0.2) is 40.2 Å². The Morgan fingerprint density at radius 2 is 1.71 bits per heavy atom. The topological polar surface area (TPSA) is 94.4 Å². The van der Waals surface area contributed by atoms with Crippen LogP contribution in [0.3, 0.4) is 0 Å². The molecule has 0 radical (unpaired) electrons. The van der Waals surface area contributed by atoms with Gasteiger partial charge < -0.3 is 14.6 Å². The first kappa shape index (κ1) is 17.8. The predicted molar refractivity (Wildman–Crippen MR) is 75.5 cm³/mol. The second-order valence-corrected chi connectivity index (χ2v) is 5.24. The van der Waals surface area contributed by atoms with Gasteiger partial charge in [-0.05, 0) is 30.0 Å². The van der Waals surface area contributed by atoms with Crippen LogP contribution in [0.4, 0.5) is 13.2 Å². The van der Waals surface area contributed by atoms with Crippen molar-refractivity contribution in [1.82, 2.24) is 15.0 Å². The molecule has 128 valence electrons. The summed E-state index contributed by atoms with van der Waals surface area (Å²) in [6.45, 7) is 0. The number of methoxy groups -OCH3 is 2. The Morgan fingerprint density at radius 1 is 1.12 bits per heavy atom. The highest BCUT2D eigenvalue weighted by Crippen LogP contribution is 2.36. The van der Waals surface area contributed by atoms with Crippen molar-refractivity contribution < 1.29 is 32.5 Å². The van der Waals surface area contributed by atoms with Crippen LogP contribution < -0.4 is 9.47 Å². The highest BCUT2D eigenvalue weighted by molar-refractivity contribution is 7.99. The third-order valence-corrected chi connectivity index (χ3v) is 3.53. The molecule has 0 saturated heterocycles. The number of aromatic nitrogens is 3. The number of halogens is 3. The van der Waals surface area contributed by atoms with Gasteiger partial charge in [-0.3, -0.25) is 0 Å². The average molecular weight is 361 g/mol. The van der Waals surface area contributed by atoms with Crippen LogP contribution in [0.1, 0.15) is 15.9 Å². The van der Waals surface area contributed by atoms with E-state index in [0.717, 1.165) is 23.9 Å². The first-order valence-electron chi connectivity index (χ1n) is 6.21. The molecule has 1 aromatic heterocycles. The monoisotopic (exact) mass is 361 g/mol. The molecule has 11 heteroatoms. The van der Waals surface area contributed by atoms with E-state index < -0.39 is 23.3 Å². The van der Waals surface area contributed by atoms with E-state index >= 15 is 0 Å². The van der Waals surface area contributed by atoms with Gasteiger partial charge in [0.2, 0.25) is 5.16 Å². The number of alkyl halides is 3. The maximum Gasteiger partial charge on any atom is 0.417 e. The van der Waals surface area contributed by atoms with Crippen molar-refractivity contribution in [2.45, 2.75) is 16.2 Å². The molecule has 0 amide bonds. The van der Waals surface area contributed by atoms with E-state index in [1.807, 2.05) is 0 Å². The number of carboxylic acids is 1. The normalized spacial score (nSPS) is 11.2. The van der Waals surface area contributed by atoms with E-state index in [0.29, 0.717) is 0 Å². The van der Waals surface area contributed by atoms with Gasteiger partial charge in [0.25, 0.3) is 0 Å². The Bertz CT molecular complexity index is 748. The van der Waals surface area contributed by atoms with Gasteiger partial charge in [0, 0.05) is 4.90 Å². The summed E-state index contributed by atoms with van der Waals surface area (Å²) < 4.78 is 48.7. The van der Waals surface area contributed by atoms with Crippen LogP contribution in [0.2, 0.25) is 0 Å². The van der Waals surface area contributed by atoms with Crippen LogP contribution in [0.15, 0.2) is 28.3 Å². The summed E-state index contributed by atoms with van der Waals surface area (Å²) in [5.41, 5.74) is -2.09. The molecule has 1 aromatic carbocycles. The van der Waals surface area contributed by atoms with Gasteiger partial charge in [-0.25, -0.2) is 4.79 Å². The standard InChI is InChI=1S/C13H10F3N3O4S/c1-22-10-17-11(23-2)19-12(18-10)24-6-3-4-7(9(20)21)8(5-6)13(14,15)16/h3-5H,1-2H3,(H,20,21). The van der Waals surface area contributed by atoms with Crippen molar-refractivity contribution in [2.24, 2.45) is 0 Å². The first-order chi connectivity index (χ1) is 11.2. The minimum Gasteiger partial charge on any atom is -0.478 e. The van der Waals surface area contributed by atoms with Crippen molar-refractivity contribution in [3.8, 4) is 12.0 Å². The van der Waals surface area contributed by atoms with Gasteiger partial charge in [0.05, 0.1) is 25.3 Å². The van der Waals surface area contributed by atoms with E-state index in [9.17, 15) is 18.0 Å². The fraction of sp³-hybridized carbons (Fsp3) is 0.231. The minimum absolute atomic E-state index is 0.0369. The summed E-state index contributed by atoms with van der Waals surface area (Å²) in [4.78, 5) is 22.6. The van der Waals surface area contributed by atoms with E-state index in [1.165, 1.54) is 20.3 Å². The second-order valence-electron chi connectivity index (χ2n) is 4.20. The Balaban J connectivity index is 2.42. The van der Waals surface area contributed by atoms with Crippen LogP contribution in [-0.2, 0) is 6.18 Å². The number of hydrogen-bond donors (Lipinski definition) is 1. The summed E-state index contributed by atoms with van der Waals surface area (Å²) in [5.74, 6) is -1.66. The van der Waals surface area contributed by atoms with Gasteiger partial charge >= 0.3 is 24.2 Å². The highest BCUT2D eigenvalue weighted by Gasteiger charge is 2.35. The molecule has 1 heterocycles. The van der Waals surface area contributed by atoms with Crippen LogP contribution in [0.25, 0.3) is 0 Å². The third-order valence-electron chi connectivity index (χ3n) is 2.67. The molecular weight excluding hydrogens is 351 g/mol. The van der Waals surface area contributed by atoms with Gasteiger partial charge in [-0.2, -0.15) is 23.1 Å². The van der Waals surface area contributed by atoms with Crippen molar-refractivity contribution >= 4 is 17.7 Å². The average Bonchev–Trinajstić information content (AvgIpc) is 2.53. The van der Waals surface area contributed by atoms with Crippen molar-refractivity contribution in [2.75, 3.05) is 14.2 Å². The summed E-state index contributed by atoms with van der Waals surface area (Å²) in [5, 5.41) is 8.91. The minimum atomic E-state index is -4.81. The van der Waals surface area contributed by atoms with Crippen LogP contribution in [0.5, 0.6) is 12.0 Å². The fourth-order valence-corrected chi connectivity index (χ4v) is 2.43. The lowest BCUT2D eigenvalue weighted by molar-refractivity contribution is -0.138. The number of benzene rings is 1. The summed E-state index contributed by atoms with van der Waals surface area (Å²) in [6, 6.07) is 2.69. The van der Waals surface area contributed by atoms with E-state index in [4.69, 9.17) is 14.6 Å². The molecule has 0 bridgehead atoms. The van der Waals surface area contributed by atoms with E-state index in [1.54, 1.807) is 0 Å². The molecule has 24 heavy (non-hydrogen) atoms. The Morgan fingerprint density at radius 3 is 2.17 bits per heavy atom. The molecule has 0 spiro atoms. The summed E-state index contributed by atoms with van der Waals surface area (Å²) >= 11 is 0.782. The van der Waals surface area contributed by atoms with Gasteiger partial charge in [-0.15, -0.1) is 4.98 Å². The fourth-order valence-electron chi connectivity index (χ4n) is 1.66. The van der Waals surface area contributed by atoms with Gasteiger partial charge in [0.15, 0.2) is 0 Å². The van der Waals surface area contributed by atoms with Crippen molar-refractivity contribution in [3.05, 3.63) is 29.3 Å². The lowest BCUT2D eigenvalue weighted by atomic mass is 10.1. The molecule has 7 nitrogen and oxygen atoms in total. The molecular formula is C13H10F3N3O4S. The van der Waals surface area contributed by atoms with E-state index in [2.05, 4.69) is 15.0 Å². The zero-order valence-electron chi connectivity index (χ0n) is 12.3. The maximum atomic E-state index is 13.0. The smallest absolute Gasteiger partial charge is 0.417 e. The summed E-state index contributed by atoms with van der Waals surface area (Å²) in [6.07, 6.45) is -4.81. The lowest BCUT2D eigenvalue weighted by Gasteiger charge is -2.12. The molecule has 0 unspecified atom stereocenters. The molecule has 2 aromatic rings. The summed E-state index contributed by atoms with van der Waals surface area (Å²) in [7, 11) is 2.62. The molecule has 0 aliphatic carbocycles. The maximum absolute atomic E-state index is 13.0. The van der Waals surface area contributed by atoms with Gasteiger partial charge in [0.1, 0.15) is 0 Å². The second kappa shape index (κ2) is 6.91. The number of hydrogen-bond acceptors (Lipinski definition) is 7.